The Balaban J connectivity index is 1.41. The molecule has 0 atom stereocenters. The van der Waals surface area contributed by atoms with Gasteiger partial charge >= 0.3 is 0 Å². The van der Waals surface area contributed by atoms with Crippen LogP contribution < -0.4 is 4.90 Å². The zero-order valence-corrected chi connectivity index (χ0v) is 19.6. The molecule has 1 aliphatic heterocycles. The first kappa shape index (κ1) is 19.9. The molecule has 3 aromatic heterocycles. The fourth-order valence-electron chi connectivity index (χ4n) is 5.49. The molecule has 5 heteroatoms. The summed E-state index contributed by atoms with van der Waals surface area (Å²) in [7, 11) is 0. The quantitative estimate of drug-likeness (QED) is 0.281. The van der Waals surface area contributed by atoms with E-state index in [0.717, 1.165) is 39.0 Å². The number of fused-ring (bicyclic) bond motifs is 5. The van der Waals surface area contributed by atoms with Gasteiger partial charge in [0.05, 0.1) is 46.0 Å². The molecule has 5 nitrogen and oxygen atoms in total. The molecule has 0 amide bonds. The summed E-state index contributed by atoms with van der Waals surface area (Å²) >= 11 is 0. The second-order valence-electron chi connectivity index (χ2n) is 9.46. The second-order valence-corrected chi connectivity index (χ2v) is 9.46. The highest BCUT2D eigenvalue weighted by Gasteiger charge is 2.37. The Morgan fingerprint density at radius 3 is 1.94 bits per heavy atom. The smallest absolute Gasteiger partial charge is 0.234 e. The number of pyridine rings is 1. The fraction of sp³-hybridized carbons (Fsp3) is 0.100. The SMILES string of the molecule is CC1(C)c2ccccc2N(c2ncc(-n3c4ccccc4c4ncccc43)cn2)c2ccccc21. The highest BCUT2D eigenvalue weighted by molar-refractivity contribution is 6.06. The van der Waals surface area contributed by atoms with Crippen LogP contribution in [0.4, 0.5) is 17.3 Å². The molecule has 1 aliphatic rings. The third kappa shape index (κ3) is 2.78. The van der Waals surface area contributed by atoms with Crippen LogP contribution in [0, 0.1) is 0 Å². The van der Waals surface area contributed by atoms with Gasteiger partial charge in [0.1, 0.15) is 0 Å². The van der Waals surface area contributed by atoms with Crippen molar-refractivity contribution < 1.29 is 0 Å². The van der Waals surface area contributed by atoms with Crippen LogP contribution in [0.5, 0.6) is 0 Å². The molecule has 0 unspecified atom stereocenters. The molecule has 7 rings (SSSR count). The molecular formula is C30H23N5. The number of nitrogens with zero attached hydrogens (tertiary/aromatic N) is 5. The monoisotopic (exact) mass is 453 g/mol. The van der Waals surface area contributed by atoms with Gasteiger partial charge in [-0.15, -0.1) is 0 Å². The van der Waals surface area contributed by atoms with E-state index in [1.54, 1.807) is 0 Å². The molecule has 0 saturated carbocycles. The predicted molar refractivity (Wildman–Crippen MR) is 141 cm³/mol. The van der Waals surface area contributed by atoms with Crippen LogP contribution in [0.2, 0.25) is 0 Å². The highest BCUT2D eigenvalue weighted by atomic mass is 15.3. The molecule has 4 heterocycles. The molecular weight excluding hydrogens is 430 g/mol. The van der Waals surface area contributed by atoms with E-state index in [1.807, 2.05) is 30.7 Å². The molecule has 35 heavy (non-hydrogen) atoms. The molecule has 0 N–H and O–H groups in total. The number of para-hydroxylation sites is 3. The summed E-state index contributed by atoms with van der Waals surface area (Å²) in [6.07, 6.45) is 5.66. The maximum absolute atomic E-state index is 4.89. The number of aromatic nitrogens is 4. The largest absolute Gasteiger partial charge is 0.305 e. The summed E-state index contributed by atoms with van der Waals surface area (Å²) in [4.78, 5) is 16.6. The van der Waals surface area contributed by atoms with Gasteiger partial charge in [-0.05, 0) is 41.5 Å². The lowest BCUT2D eigenvalue weighted by Gasteiger charge is -2.40. The van der Waals surface area contributed by atoms with Crippen molar-refractivity contribution in [2.24, 2.45) is 0 Å². The van der Waals surface area contributed by atoms with Crippen molar-refractivity contribution in [2.45, 2.75) is 19.3 Å². The lowest BCUT2D eigenvalue weighted by Crippen LogP contribution is -2.31. The maximum Gasteiger partial charge on any atom is 0.234 e. The summed E-state index contributed by atoms with van der Waals surface area (Å²) < 4.78 is 2.18. The van der Waals surface area contributed by atoms with Crippen LogP contribution in [0.3, 0.4) is 0 Å². The average molecular weight is 454 g/mol. The molecule has 0 spiro atoms. The summed E-state index contributed by atoms with van der Waals surface area (Å²) in [5.74, 6) is 0.656. The van der Waals surface area contributed by atoms with Crippen LogP contribution >= 0.6 is 0 Å². The Kier molecular flexibility index (Phi) is 4.12. The minimum atomic E-state index is -0.112. The molecule has 3 aromatic carbocycles. The molecule has 0 aliphatic carbocycles. The molecule has 0 saturated heterocycles. The van der Waals surface area contributed by atoms with Crippen molar-refractivity contribution in [3.05, 3.63) is 115 Å². The number of hydrogen-bond donors (Lipinski definition) is 0. The van der Waals surface area contributed by atoms with Gasteiger partial charge in [-0.25, -0.2) is 9.97 Å². The maximum atomic E-state index is 4.89. The van der Waals surface area contributed by atoms with Crippen molar-refractivity contribution >= 4 is 39.3 Å². The van der Waals surface area contributed by atoms with Crippen molar-refractivity contribution in [3.63, 3.8) is 0 Å². The lowest BCUT2D eigenvalue weighted by atomic mass is 9.74. The Morgan fingerprint density at radius 1 is 0.629 bits per heavy atom. The molecule has 0 fully saturated rings. The topological polar surface area (TPSA) is 46.8 Å². The summed E-state index contributed by atoms with van der Waals surface area (Å²) in [6.45, 7) is 4.56. The van der Waals surface area contributed by atoms with E-state index in [2.05, 4.69) is 101 Å². The zero-order chi connectivity index (χ0) is 23.6. The predicted octanol–water partition coefficient (Wildman–Crippen LogP) is 7.08. The van der Waals surface area contributed by atoms with Gasteiger partial charge in [0, 0.05) is 17.0 Å². The fourth-order valence-corrected chi connectivity index (χ4v) is 5.49. The summed E-state index contributed by atoms with van der Waals surface area (Å²) in [6, 6.07) is 29.5. The molecule has 0 radical (unpaired) electrons. The Labute approximate surface area is 203 Å². The molecule has 168 valence electrons. The van der Waals surface area contributed by atoms with Gasteiger partial charge in [-0.2, -0.15) is 0 Å². The molecule has 0 bridgehead atoms. The van der Waals surface area contributed by atoms with Gasteiger partial charge in [-0.1, -0.05) is 68.4 Å². The average Bonchev–Trinajstić information content (AvgIpc) is 3.24. The first-order chi connectivity index (χ1) is 17.1. The normalized spacial score (nSPS) is 14.2. The van der Waals surface area contributed by atoms with Crippen LogP contribution in [0.25, 0.3) is 27.6 Å². The minimum Gasteiger partial charge on any atom is -0.305 e. The minimum absolute atomic E-state index is 0.112. The Hall–Kier alpha value is -4.51. The van der Waals surface area contributed by atoms with Gasteiger partial charge in [0.15, 0.2) is 0 Å². The van der Waals surface area contributed by atoms with Crippen LogP contribution in [-0.4, -0.2) is 19.5 Å². The number of hydrogen-bond acceptors (Lipinski definition) is 4. The summed E-state index contributed by atoms with van der Waals surface area (Å²) in [5, 5.41) is 1.12. The van der Waals surface area contributed by atoms with E-state index in [-0.39, 0.29) is 5.41 Å². The van der Waals surface area contributed by atoms with Gasteiger partial charge in [0.25, 0.3) is 0 Å². The van der Waals surface area contributed by atoms with Gasteiger partial charge < -0.3 is 4.57 Å². The van der Waals surface area contributed by atoms with E-state index in [0.29, 0.717) is 5.95 Å². The number of rotatable bonds is 2. The third-order valence-electron chi connectivity index (χ3n) is 7.15. The highest BCUT2D eigenvalue weighted by Crippen LogP contribution is 2.50. The Bertz CT molecular complexity index is 1630. The van der Waals surface area contributed by atoms with Crippen LogP contribution in [0.15, 0.2) is 104 Å². The van der Waals surface area contributed by atoms with Crippen molar-refractivity contribution in [1.29, 1.82) is 0 Å². The van der Waals surface area contributed by atoms with E-state index >= 15 is 0 Å². The van der Waals surface area contributed by atoms with Gasteiger partial charge in [0.2, 0.25) is 5.95 Å². The first-order valence-electron chi connectivity index (χ1n) is 11.8. The number of benzene rings is 3. The Morgan fingerprint density at radius 2 is 1.23 bits per heavy atom. The van der Waals surface area contributed by atoms with E-state index in [4.69, 9.17) is 9.97 Å². The van der Waals surface area contributed by atoms with E-state index < -0.39 is 0 Å². The van der Waals surface area contributed by atoms with Crippen molar-refractivity contribution in [1.82, 2.24) is 19.5 Å². The lowest BCUT2D eigenvalue weighted by molar-refractivity contribution is 0.630. The molecule has 6 aromatic rings. The van der Waals surface area contributed by atoms with Gasteiger partial charge in [-0.3, -0.25) is 9.88 Å². The standard InChI is InChI=1S/C30H23N5/c1-30(2)22-11-4-7-14-25(22)35(26-15-8-5-12-23(26)30)29-32-18-20(19-33-29)34-24-13-6-3-10-21(24)28-27(34)16-9-17-31-28/h3-19H,1-2H3. The van der Waals surface area contributed by atoms with E-state index in [9.17, 15) is 0 Å². The zero-order valence-electron chi connectivity index (χ0n) is 19.6. The summed E-state index contributed by atoms with van der Waals surface area (Å²) in [5.41, 5.74) is 8.67. The first-order valence-corrected chi connectivity index (χ1v) is 11.8. The number of anilines is 3. The van der Waals surface area contributed by atoms with Crippen LogP contribution in [0.1, 0.15) is 25.0 Å². The second kappa shape index (κ2) is 7.24. The van der Waals surface area contributed by atoms with Crippen molar-refractivity contribution in [2.75, 3.05) is 4.90 Å². The van der Waals surface area contributed by atoms with E-state index in [1.165, 1.54) is 11.1 Å². The van der Waals surface area contributed by atoms with Crippen LogP contribution in [-0.2, 0) is 5.41 Å². The van der Waals surface area contributed by atoms with Crippen molar-refractivity contribution in [3.8, 4) is 5.69 Å². The third-order valence-corrected chi connectivity index (χ3v) is 7.15.